The highest BCUT2D eigenvalue weighted by atomic mass is 16.2. The highest BCUT2D eigenvalue weighted by Gasteiger charge is 2.54. The lowest BCUT2D eigenvalue weighted by Gasteiger charge is -2.46. The van der Waals surface area contributed by atoms with Crippen LogP contribution in [-0.2, 0) is 0 Å². The van der Waals surface area contributed by atoms with Gasteiger partial charge in [-0.25, -0.2) is 0 Å². The minimum absolute atomic E-state index is 0.0340. The molecule has 1 aliphatic heterocycles. The first-order chi connectivity index (χ1) is 12.0. The molecule has 3 aliphatic rings. The molecule has 1 aromatic heterocycles. The van der Waals surface area contributed by atoms with Gasteiger partial charge in [-0.3, -0.25) is 14.8 Å². The Labute approximate surface area is 149 Å². The third-order valence-corrected chi connectivity index (χ3v) is 6.09. The van der Waals surface area contributed by atoms with Crippen molar-refractivity contribution < 1.29 is 4.79 Å². The average molecular weight is 338 g/mol. The normalized spacial score (nSPS) is 31.0. The number of carbonyl (C=O) groups excluding carboxylic acids is 1. The first-order valence-corrected chi connectivity index (χ1v) is 9.23. The fourth-order valence-corrected chi connectivity index (χ4v) is 4.90. The highest BCUT2D eigenvalue weighted by molar-refractivity contribution is 5.93. The standard InChI is InChI=1S/C20H26N4O/c1-15-4-9-22-17(12-15)18(25)23-19-5-3-6-20(14-19,8-7-19)24-11-10-21-16(2)13-24/h4,9-10,12-13H,3,5-8,11,14H2,1-2H3,(H,23,25). The van der Waals surface area contributed by atoms with Crippen LogP contribution in [0.15, 0.2) is 35.2 Å². The number of aryl methyl sites for hydroxylation is 1. The largest absolute Gasteiger partial charge is 0.365 e. The summed E-state index contributed by atoms with van der Waals surface area (Å²) < 4.78 is 0. The smallest absolute Gasteiger partial charge is 0.270 e. The Balaban J connectivity index is 1.53. The van der Waals surface area contributed by atoms with Crippen molar-refractivity contribution in [1.82, 2.24) is 15.2 Å². The monoisotopic (exact) mass is 338 g/mol. The van der Waals surface area contributed by atoms with Gasteiger partial charge in [0.2, 0.25) is 0 Å². The van der Waals surface area contributed by atoms with Gasteiger partial charge in [0.1, 0.15) is 5.69 Å². The minimum atomic E-state index is -0.0862. The van der Waals surface area contributed by atoms with Crippen LogP contribution in [-0.4, -0.2) is 39.6 Å². The summed E-state index contributed by atoms with van der Waals surface area (Å²) in [5, 5.41) is 3.36. The summed E-state index contributed by atoms with van der Waals surface area (Å²) >= 11 is 0. The Morgan fingerprint density at radius 2 is 2.12 bits per heavy atom. The van der Waals surface area contributed by atoms with Gasteiger partial charge in [-0.05, 0) is 70.1 Å². The van der Waals surface area contributed by atoms with Crippen molar-refractivity contribution in [2.45, 2.75) is 63.5 Å². The van der Waals surface area contributed by atoms with E-state index >= 15 is 0 Å². The number of nitrogens with one attached hydrogen (secondary N) is 1. The van der Waals surface area contributed by atoms with Crippen molar-refractivity contribution in [3.63, 3.8) is 0 Å². The molecule has 2 atom stereocenters. The van der Waals surface area contributed by atoms with Crippen LogP contribution in [0.1, 0.15) is 61.5 Å². The molecule has 1 amide bonds. The van der Waals surface area contributed by atoms with Gasteiger partial charge in [0.15, 0.2) is 0 Å². The average Bonchev–Trinajstić information content (AvgIpc) is 2.86. The third kappa shape index (κ3) is 2.96. The van der Waals surface area contributed by atoms with Crippen molar-refractivity contribution in [3.05, 3.63) is 41.5 Å². The summed E-state index contributed by atoms with van der Waals surface area (Å²) in [5.41, 5.74) is 2.74. The topological polar surface area (TPSA) is 57.6 Å². The van der Waals surface area contributed by atoms with E-state index in [0.717, 1.165) is 49.9 Å². The molecule has 25 heavy (non-hydrogen) atoms. The molecule has 2 fully saturated rings. The highest BCUT2D eigenvalue weighted by Crippen LogP contribution is 2.51. The van der Waals surface area contributed by atoms with E-state index in [-0.39, 0.29) is 17.0 Å². The molecule has 4 rings (SSSR count). The maximum absolute atomic E-state index is 12.8. The molecular formula is C20H26N4O. The summed E-state index contributed by atoms with van der Waals surface area (Å²) in [5.74, 6) is -0.0340. The zero-order chi connectivity index (χ0) is 17.5. The summed E-state index contributed by atoms with van der Waals surface area (Å²) in [7, 11) is 0. The van der Waals surface area contributed by atoms with E-state index in [2.05, 4.69) is 33.3 Å². The predicted octanol–water partition coefficient (Wildman–Crippen LogP) is 3.21. The van der Waals surface area contributed by atoms with Crippen LogP contribution >= 0.6 is 0 Å². The van der Waals surface area contributed by atoms with E-state index in [1.807, 2.05) is 25.3 Å². The summed E-state index contributed by atoms with van der Waals surface area (Å²) in [6.45, 7) is 4.92. The summed E-state index contributed by atoms with van der Waals surface area (Å²) in [4.78, 5) is 23.9. The molecule has 0 aromatic carbocycles. The maximum Gasteiger partial charge on any atom is 0.270 e. The Kier molecular flexibility index (Phi) is 3.89. The number of pyridine rings is 1. The van der Waals surface area contributed by atoms with E-state index in [4.69, 9.17) is 0 Å². The molecule has 2 bridgehead atoms. The fraction of sp³-hybridized carbons (Fsp3) is 0.550. The molecule has 0 radical (unpaired) electrons. The molecule has 2 unspecified atom stereocenters. The van der Waals surface area contributed by atoms with Crippen LogP contribution < -0.4 is 5.32 Å². The van der Waals surface area contributed by atoms with Gasteiger partial charge in [0, 0.05) is 29.7 Å². The molecular weight excluding hydrogens is 312 g/mol. The van der Waals surface area contributed by atoms with Gasteiger partial charge in [0.05, 0.1) is 12.2 Å². The van der Waals surface area contributed by atoms with E-state index in [0.29, 0.717) is 5.69 Å². The number of carbonyl (C=O) groups is 1. The molecule has 0 saturated heterocycles. The number of hydrogen-bond donors (Lipinski definition) is 1. The molecule has 0 spiro atoms. The Hall–Kier alpha value is -2.17. The lowest BCUT2D eigenvalue weighted by atomic mass is 9.77. The third-order valence-electron chi connectivity index (χ3n) is 6.09. The number of hydrogen-bond acceptors (Lipinski definition) is 4. The first kappa shape index (κ1) is 16.3. The van der Waals surface area contributed by atoms with Crippen molar-refractivity contribution >= 4 is 12.1 Å². The number of allylic oxidation sites excluding steroid dienone is 1. The number of aromatic nitrogens is 1. The number of nitrogens with zero attached hydrogens (tertiary/aromatic N) is 3. The second-order valence-electron chi connectivity index (χ2n) is 7.94. The van der Waals surface area contributed by atoms with Gasteiger partial charge >= 0.3 is 0 Å². The minimum Gasteiger partial charge on any atom is -0.365 e. The number of aliphatic imine (C=N–C) groups is 1. The Morgan fingerprint density at radius 3 is 2.92 bits per heavy atom. The molecule has 2 aliphatic carbocycles. The summed E-state index contributed by atoms with van der Waals surface area (Å²) in [6, 6.07) is 3.78. The number of rotatable bonds is 3. The predicted molar refractivity (Wildman–Crippen MR) is 98.6 cm³/mol. The van der Waals surface area contributed by atoms with Gasteiger partial charge in [-0.1, -0.05) is 0 Å². The second kappa shape index (κ2) is 5.97. The van der Waals surface area contributed by atoms with Gasteiger partial charge in [-0.2, -0.15) is 0 Å². The molecule has 2 saturated carbocycles. The van der Waals surface area contributed by atoms with Crippen LogP contribution in [0.25, 0.3) is 0 Å². The molecule has 2 heterocycles. The van der Waals surface area contributed by atoms with E-state index in [1.54, 1.807) is 6.20 Å². The second-order valence-corrected chi connectivity index (χ2v) is 7.94. The van der Waals surface area contributed by atoms with Gasteiger partial charge in [0.25, 0.3) is 5.91 Å². The Morgan fingerprint density at radius 1 is 1.24 bits per heavy atom. The summed E-state index contributed by atoms with van der Waals surface area (Å²) in [6.07, 6.45) is 12.5. The molecule has 132 valence electrons. The lowest BCUT2D eigenvalue weighted by molar-refractivity contribution is 0.0793. The van der Waals surface area contributed by atoms with E-state index < -0.39 is 0 Å². The van der Waals surface area contributed by atoms with E-state index in [9.17, 15) is 4.79 Å². The van der Waals surface area contributed by atoms with Gasteiger partial charge in [-0.15, -0.1) is 0 Å². The molecule has 5 heteroatoms. The van der Waals surface area contributed by atoms with Crippen LogP contribution in [0.2, 0.25) is 0 Å². The van der Waals surface area contributed by atoms with Crippen molar-refractivity contribution in [2.75, 3.05) is 6.54 Å². The SMILES string of the molecule is CC1=CN(C23CCCC(NC(=O)c4cc(C)ccn4)(CC2)C3)CC=N1. The quantitative estimate of drug-likeness (QED) is 0.921. The lowest BCUT2D eigenvalue weighted by Crippen LogP contribution is -2.54. The number of fused-ring (bicyclic) bond motifs is 2. The van der Waals surface area contributed by atoms with Crippen LogP contribution in [0, 0.1) is 6.92 Å². The van der Waals surface area contributed by atoms with Crippen molar-refractivity contribution in [1.29, 1.82) is 0 Å². The molecule has 1 aromatic rings. The van der Waals surface area contributed by atoms with Crippen LogP contribution in [0.3, 0.4) is 0 Å². The maximum atomic E-state index is 12.8. The van der Waals surface area contributed by atoms with Crippen molar-refractivity contribution in [3.8, 4) is 0 Å². The Bertz CT molecular complexity index is 756. The zero-order valence-electron chi connectivity index (χ0n) is 15.1. The van der Waals surface area contributed by atoms with Gasteiger partial charge < -0.3 is 10.2 Å². The fourth-order valence-electron chi connectivity index (χ4n) is 4.90. The zero-order valence-corrected chi connectivity index (χ0v) is 15.1. The number of amides is 1. The van der Waals surface area contributed by atoms with Crippen LogP contribution in [0.5, 0.6) is 0 Å². The van der Waals surface area contributed by atoms with E-state index in [1.165, 1.54) is 6.42 Å². The molecule has 5 nitrogen and oxygen atoms in total. The van der Waals surface area contributed by atoms with Crippen molar-refractivity contribution in [2.24, 2.45) is 4.99 Å². The molecule has 1 N–H and O–H groups in total. The van der Waals surface area contributed by atoms with Crippen LogP contribution in [0.4, 0.5) is 0 Å². The first-order valence-electron chi connectivity index (χ1n) is 9.23.